The molecule has 0 fully saturated rings. The van der Waals surface area contributed by atoms with E-state index < -0.39 is 5.82 Å². The molecule has 0 spiro atoms. The molecule has 1 aromatic carbocycles. The Morgan fingerprint density at radius 3 is 2.75 bits per heavy atom. The Balaban J connectivity index is 1.89. The predicted molar refractivity (Wildman–Crippen MR) is 77.6 cm³/mol. The first-order valence-corrected chi connectivity index (χ1v) is 7.04. The summed E-state index contributed by atoms with van der Waals surface area (Å²) in [4.78, 5) is 14.1. The topological polar surface area (TPSA) is 38.3 Å². The van der Waals surface area contributed by atoms with Gasteiger partial charge < -0.3 is 10.1 Å². The van der Waals surface area contributed by atoms with E-state index in [0.717, 1.165) is 4.88 Å². The summed E-state index contributed by atoms with van der Waals surface area (Å²) in [6.07, 6.45) is 0.158. The van der Waals surface area contributed by atoms with E-state index in [-0.39, 0.29) is 18.1 Å². The molecule has 1 amide bonds. The molecule has 0 saturated carbocycles. The number of hydrogen-bond donors (Lipinski definition) is 1. The molecule has 0 radical (unpaired) electrons. The smallest absolute Gasteiger partial charge is 0.224 e. The molecule has 5 heteroatoms. The Bertz CT molecular complexity index is 610. The van der Waals surface area contributed by atoms with Crippen LogP contribution in [0.2, 0.25) is 0 Å². The van der Waals surface area contributed by atoms with Crippen molar-refractivity contribution in [2.24, 2.45) is 0 Å². The molecule has 3 nitrogen and oxygen atoms in total. The second-order valence-corrected chi connectivity index (χ2v) is 5.81. The number of nitrogens with one attached hydrogen (secondary N) is 1. The number of halogens is 1. The van der Waals surface area contributed by atoms with Crippen LogP contribution in [0.1, 0.15) is 15.3 Å². The number of methoxy groups -OCH3 is 1. The first kappa shape index (κ1) is 14.5. The molecule has 2 aromatic rings. The summed E-state index contributed by atoms with van der Waals surface area (Å²) in [5, 5.41) is 2.83. The normalized spacial score (nSPS) is 10.3. The van der Waals surface area contributed by atoms with Crippen LogP contribution in [0.25, 0.3) is 0 Å². The molecule has 2 rings (SSSR count). The van der Waals surface area contributed by atoms with Gasteiger partial charge in [0.1, 0.15) is 0 Å². The zero-order valence-corrected chi connectivity index (χ0v) is 12.2. The number of thiophene rings is 1. The third kappa shape index (κ3) is 3.81. The molecule has 0 bridgehead atoms. The van der Waals surface area contributed by atoms with Gasteiger partial charge in [-0.1, -0.05) is 6.07 Å². The van der Waals surface area contributed by atoms with E-state index in [4.69, 9.17) is 4.74 Å². The van der Waals surface area contributed by atoms with Crippen molar-refractivity contribution in [3.8, 4) is 5.75 Å². The maximum absolute atomic E-state index is 13.5. The first-order chi connectivity index (χ1) is 9.58. The lowest BCUT2D eigenvalue weighted by Gasteiger charge is -2.06. The van der Waals surface area contributed by atoms with Crippen LogP contribution in [0.3, 0.4) is 0 Å². The number of aryl methyl sites for hydroxylation is 1. The fraction of sp³-hybridized carbons (Fsp3) is 0.267. The van der Waals surface area contributed by atoms with Crippen LogP contribution in [0.4, 0.5) is 4.39 Å². The number of carbonyl (C=O) groups excluding carboxylic acids is 1. The van der Waals surface area contributed by atoms with Gasteiger partial charge in [-0.15, -0.1) is 11.3 Å². The highest BCUT2D eigenvalue weighted by molar-refractivity contribution is 7.11. The summed E-state index contributed by atoms with van der Waals surface area (Å²) in [6.45, 7) is 2.53. The SMILES string of the molecule is COc1ccc(CC(=O)NCc2ccc(C)s2)cc1F. The third-order valence-corrected chi connectivity index (χ3v) is 3.84. The highest BCUT2D eigenvalue weighted by Gasteiger charge is 2.08. The minimum absolute atomic E-state index is 0.124. The molecule has 1 N–H and O–H groups in total. The molecule has 0 aliphatic heterocycles. The molecule has 1 heterocycles. The van der Waals surface area contributed by atoms with Crippen LogP contribution in [0.15, 0.2) is 30.3 Å². The quantitative estimate of drug-likeness (QED) is 0.920. The monoisotopic (exact) mass is 293 g/mol. The van der Waals surface area contributed by atoms with Gasteiger partial charge in [-0.2, -0.15) is 0 Å². The fourth-order valence-electron chi connectivity index (χ4n) is 1.83. The zero-order chi connectivity index (χ0) is 14.5. The van der Waals surface area contributed by atoms with E-state index in [1.807, 2.05) is 19.1 Å². The Hall–Kier alpha value is -1.88. The van der Waals surface area contributed by atoms with Gasteiger partial charge in [-0.3, -0.25) is 4.79 Å². The van der Waals surface area contributed by atoms with Crippen LogP contribution in [0, 0.1) is 12.7 Å². The van der Waals surface area contributed by atoms with Crippen molar-refractivity contribution in [2.45, 2.75) is 19.9 Å². The summed E-state index contributed by atoms with van der Waals surface area (Å²) in [5.74, 6) is -0.393. The van der Waals surface area contributed by atoms with Crippen LogP contribution < -0.4 is 10.1 Å². The maximum Gasteiger partial charge on any atom is 0.224 e. The van der Waals surface area contributed by atoms with Crippen LogP contribution >= 0.6 is 11.3 Å². The Morgan fingerprint density at radius 1 is 1.35 bits per heavy atom. The summed E-state index contributed by atoms with van der Waals surface area (Å²) in [5.41, 5.74) is 0.628. The Morgan fingerprint density at radius 2 is 2.15 bits per heavy atom. The average Bonchev–Trinajstić information content (AvgIpc) is 2.82. The van der Waals surface area contributed by atoms with Crippen molar-refractivity contribution < 1.29 is 13.9 Å². The summed E-state index contributed by atoms with van der Waals surface area (Å²) < 4.78 is 18.3. The van der Waals surface area contributed by atoms with E-state index in [0.29, 0.717) is 12.1 Å². The van der Waals surface area contributed by atoms with E-state index in [1.165, 1.54) is 24.1 Å². The van der Waals surface area contributed by atoms with Crippen molar-refractivity contribution in [3.05, 3.63) is 51.5 Å². The van der Waals surface area contributed by atoms with E-state index >= 15 is 0 Å². The summed E-state index contributed by atoms with van der Waals surface area (Å²) >= 11 is 1.65. The largest absolute Gasteiger partial charge is 0.494 e. The van der Waals surface area contributed by atoms with Gasteiger partial charge in [0.05, 0.1) is 20.1 Å². The summed E-state index contributed by atoms with van der Waals surface area (Å²) in [6, 6.07) is 8.56. The van der Waals surface area contributed by atoms with Crippen LogP contribution in [0.5, 0.6) is 5.75 Å². The molecule has 1 aromatic heterocycles. The second-order valence-electron chi connectivity index (χ2n) is 4.43. The number of amides is 1. The highest BCUT2D eigenvalue weighted by Crippen LogP contribution is 2.18. The van der Waals surface area contributed by atoms with Gasteiger partial charge >= 0.3 is 0 Å². The van der Waals surface area contributed by atoms with Crippen molar-refractivity contribution in [1.82, 2.24) is 5.32 Å². The molecular weight excluding hydrogens is 277 g/mol. The lowest BCUT2D eigenvalue weighted by Crippen LogP contribution is -2.24. The van der Waals surface area contributed by atoms with Gasteiger partial charge in [-0.05, 0) is 36.8 Å². The molecular formula is C15H16FNO2S. The third-order valence-electron chi connectivity index (χ3n) is 2.84. The van der Waals surface area contributed by atoms with Crippen molar-refractivity contribution in [3.63, 3.8) is 0 Å². The Kier molecular flexibility index (Phi) is 4.74. The fourth-order valence-corrected chi connectivity index (χ4v) is 2.66. The minimum Gasteiger partial charge on any atom is -0.494 e. The molecule has 0 aliphatic rings. The van der Waals surface area contributed by atoms with Crippen molar-refractivity contribution in [1.29, 1.82) is 0 Å². The lowest BCUT2D eigenvalue weighted by molar-refractivity contribution is -0.120. The highest BCUT2D eigenvalue weighted by atomic mass is 32.1. The van der Waals surface area contributed by atoms with E-state index in [2.05, 4.69) is 5.32 Å². The molecule has 20 heavy (non-hydrogen) atoms. The lowest BCUT2D eigenvalue weighted by atomic mass is 10.1. The van der Waals surface area contributed by atoms with Gasteiger partial charge in [-0.25, -0.2) is 4.39 Å². The van der Waals surface area contributed by atoms with Crippen molar-refractivity contribution in [2.75, 3.05) is 7.11 Å². The van der Waals surface area contributed by atoms with Gasteiger partial charge in [0.2, 0.25) is 5.91 Å². The number of benzene rings is 1. The average molecular weight is 293 g/mol. The van der Waals surface area contributed by atoms with Crippen LogP contribution in [-0.2, 0) is 17.8 Å². The van der Waals surface area contributed by atoms with E-state index in [1.54, 1.807) is 17.4 Å². The van der Waals surface area contributed by atoms with Crippen LogP contribution in [-0.4, -0.2) is 13.0 Å². The first-order valence-electron chi connectivity index (χ1n) is 6.23. The predicted octanol–water partition coefficient (Wildman–Crippen LogP) is 3.06. The second kappa shape index (κ2) is 6.52. The van der Waals surface area contributed by atoms with Crippen molar-refractivity contribution >= 4 is 17.2 Å². The molecule has 0 aliphatic carbocycles. The Labute approximate surface area is 121 Å². The number of ether oxygens (including phenoxy) is 1. The zero-order valence-electron chi connectivity index (χ0n) is 11.4. The van der Waals surface area contributed by atoms with Gasteiger partial charge in [0.25, 0.3) is 0 Å². The molecule has 106 valence electrons. The molecule has 0 atom stereocenters. The number of hydrogen-bond acceptors (Lipinski definition) is 3. The summed E-state index contributed by atoms with van der Waals surface area (Å²) in [7, 11) is 1.41. The van der Waals surface area contributed by atoms with Gasteiger partial charge in [0.15, 0.2) is 11.6 Å². The molecule has 0 saturated heterocycles. The standard InChI is InChI=1S/C15H16FNO2S/c1-10-3-5-12(20-10)9-17-15(18)8-11-4-6-14(19-2)13(16)7-11/h3-7H,8-9H2,1-2H3,(H,17,18). The minimum atomic E-state index is -0.452. The maximum atomic E-state index is 13.5. The number of carbonyl (C=O) groups is 1. The van der Waals surface area contributed by atoms with E-state index in [9.17, 15) is 9.18 Å². The van der Waals surface area contributed by atoms with Gasteiger partial charge in [0, 0.05) is 9.75 Å². The number of rotatable bonds is 5. The molecule has 0 unspecified atom stereocenters.